The number of nitrogens with zero attached hydrogens (tertiary/aromatic N) is 1. The Bertz CT molecular complexity index is 730. The van der Waals surface area contributed by atoms with Crippen molar-refractivity contribution in [1.82, 2.24) is 15.5 Å². The number of likely N-dealkylation sites (tertiary alicyclic amines) is 1. The fourth-order valence-corrected chi connectivity index (χ4v) is 3.93. The number of halogens is 1. The van der Waals surface area contributed by atoms with Gasteiger partial charge in [0.25, 0.3) is 5.91 Å². The molecule has 140 valence electrons. The summed E-state index contributed by atoms with van der Waals surface area (Å²) in [4.78, 5) is 37.8. The maximum atomic E-state index is 13.4. The van der Waals surface area contributed by atoms with Crippen LogP contribution in [0.1, 0.15) is 44.6 Å². The highest BCUT2D eigenvalue weighted by molar-refractivity contribution is 6.07. The van der Waals surface area contributed by atoms with Crippen LogP contribution in [0.4, 0.5) is 9.18 Å². The van der Waals surface area contributed by atoms with Crippen LogP contribution in [0, 0.1) is 11.7 Å². The number of urea groups is 1. The third-order valence-corrected chi connectivity index (χ3v) is 5.38. The van der Waals surface area contributed by atoms with E-state index < -0.39 is 17.5 Å². The molecule has 0 aliphatic carbocycles. The van der Waals surface area contributed by atoms with Crippen LogP contribution in [0.3, 0.4) is 0 Å². The molecule has 0 bridgehead atoms. The molecule has 2 atom stereocenters. The Morgan fingerprint density at radius 2 is 2.04 bits per heavy atom. The Morgan fingerprint density at radius 3 is 2.62 bits per heavy atom. The molecule has 4 amide bonds. The maximum Gasteiger partial charge on any atom is 0.322 e. The summed E-state index contributed by atoms with van der Waals surface area (Å²) in [5, 5.41) is 4.81. The van der Waals surface area contributed by atoms with Crippen molar-refractivity contribution in [3.05, 3.63) is 35.6 Å². The summed E-state index contributed by atoms with van der Waals surface area (Å²) in [6.45, 7) is 4.64. The summed E-state index contributed by atoms with van der Waals surface area (Å²) in [6.07, 6.45) is 1.83. The molecule has 2 N–H and O–H groups in total. The van der Waals surface area contributed by atoms with Crippen molar-refractivity contribution in [3.8, 4) is 0 Å². The molecule has 26 heavy (non-hydrogen) atoms. The van der Waals surface area contributed by atoms with Gasteiger partial charge in [0.05, 0.1) is 0 Å². The van der Waals surface area contributed by atoms with E-state index in [2.05, 4.69) is 10.6 Å². The predicted octanol–water partition coefficient (Wildman–Crippen LogP) is 2.16. The van der Waals surface area contributed by atoms with E-state index in [4.69, 9.17) is 0 Å². The monoisotopic (exact) mass is 361 g/mol. The van der Waals surface area contributed by atoms with Crippen molar-refractivity contribution < 1.29 is 18.8 Å². The number of hydrogen-bond acceptors (Lipinski definition) is 3. The number of benzene rings is 1. The van der Waals surface area contributed by atoms with Gasteiger partial charge in [0.2, 0.25) is 5.91 Å². The highest BCUT2D eigenvalue weighted by Crippen LogP contribution is 2.30. The van der Waals surface area contributed by atoms with Gasteiger partial charge in [-0.15, -0.1) is 0 Å². The van der Waals surface area contributed by atoms with E-state index in [0.29, 0.717) is 13.1 Å². The van der Waals surface area contributed by atoms with Crippen LogP contribution < -0.4 is 10.6 Å². The molecular formula is C19H24FN3O3. The van der Waals surface area contributed by atoms with Gasteiger partial charge < -0.3 is 10.2 Å². The Labute approximate surface area is 152 Å². The van der Waals surface area contributed by atoms with Gasteiger partial charge in [0, 0.05) is 19.0 Å². The van der Waals surface area contributed by atoms with Crippen LogP contribution in [-0.4, -0.2) is 41.4 Å². The zero-order chi connectivity index (χ0) is 18.9. The number of hydrogen-bond donors (Lipinski definition) is 2. The van der Waals surface area contributed by atoms with Crippen molar-refractivity contribution in [2.45, 2.75) is 44.6 Å². The second kappa shape index (κ2) is 7.05. The third kappa shape index (κ3) is 3.71. The largest absolute Gasteiger partial charge is 0.342 e. The van der Waals surface area contributed by atoms with Crippen molar-refractivity contribution >= 4 is 17.8 Å². The number of rotatable bonds is 4. The average molecular weight is 361 g/mol. The number of imide groups is 1. The normalized spacial score (nSPS) is 25.0. The van der Waals surface area contributed by atoms with Gasteiger partial charge in [-0.2, -0.15) is 0 Å². The molecule has 2 heterocycles. The molecule has 3 rings (SSSR count). The highest BCUT2D eigenvalue weighted by Gasteiger charge is 2.44. The van der Waals surface area contributed by atoms with Crippen molar-refractivity contribution in [2.24, 2.45) is 5.92 Å². The summed E-state index contributed by atoms with van der Waals surface area (Å²) in [5.74, 6) is -0.776. The lowest BCUT2D eigenvalue weighted by Crippen LogP contribution is -2.48. The predicted molar refractivity (Wildman–Crippen MR) is 93.8 cm³/mol. The first-order valence-corrected chi connectivity index (χ1v) is 8.96. The van der Waals surface area contributed by atoms with E-state index in [0.717, 1.165) is 18.4 Å². The van der Waals surface area contributed by atoms with Crippen LogP contribution in [0.2, 0.25) is 0 Å². The second-order valence-corrected chi connectivity index (χ2v) is 7.50. The lowest BCUT2D eigenvalue weighted by Gasteiger charge is -2.35. The van der Waals surface area contributed by atoms with Crippen LogP contribution in [0.15, 0.2) is 24.3 Å². The molecule has 0 radical (unpaired) electrons. The molecule has 2 unspecified atom stereocenters. The SMILES string of the molecule is CC(CC1(C)NC(=O)NC1=O)C(=O)N1CCC(c2cccc(F)c2)CC1. The quantitative estimate of drug-likeness (QED) is 0.807. The summed E-state index contributed by atoms with van der Waals surface area (Å²) in [6, 6.07) is 6.12. The molecule has 2 fully saturated rings. The summed E-state index contributed by atoms with van der Waals surface area (Å²) < 4.78 is 13.4. The fourth-order valence-electron chi connectivity index (χ4n) is 3.93. The summed E-state index contributed by atoms with van der Waals surface area (Å²) >= 11 is 0. The molecule has 1 aromatic rings. The second-order valence-electron chi connectivity index (χ2n) is 7.50. The van der Waals surface area contributed by atoms with Crippen LogP contribution in [-0.2, 0) is 9.59 Å². The number of amides is 4. The van der Waals surface area contributed by atoms with Gasteiger partial charge in [-0.05, 0) is 49.8 Å². The standard InChI is InChI=1S/C19H24FN3O3/c1-12(11-19(2)17(25)21-18(26)22-19)16(24)23-8-6-13(7-9-23)14-4-3-5-15(20)10-14/h3-5,10,12-13H,6-9,11H2,1-2H3,(H2,21,22,25,26). The molecule has 7 heteroatoms. The van der Waals surface area contributed by atoms with Crippen molar-refractivity contribution in [1.29, 1.82) is 0 Å². The van der Waals surface area contributed by atoms with Crippen LogP contribution in [0.5, 0.6) is 0 Å². The highest BCUT2D eigenvalue weighted by atomic mass is 19.1. The topological polar surface area (TPSA) is 78.5 Å². The Balaban J connectivity index is 1.56. The number of piperidine rings is 1. The van der Waals surface area contributed by atoms with Gasteiger partial charge in [0.1, 0.15) is 11.4 Å². The number of carbonyl (C=O) groups is 3. The molecule has 0 aromatic heterocycles. The smallest absolute Gasteiger partial charge is 0.322 e. The maximum absolute atomic E-state index is 13.4. The lowest BCUT2D eigenvalue weighted by molar-refractivity contribution is -0.137. The average Bonchev–Trinajstić information content (AvgIpc) is 2.86. The van der Waals surface area contributed by atoms with Gasteiger partial charge in [-0.25, -0.2) is 9.18 Å². The van der Waals surface area contributed by atoms with Gasteiger partial charge >= 0.3 is 6.03 Å². The van der Waals surface area contributed by atoms with Gasteiger partial charge in [-0.1, -0.05) is 19.1 Å². The van der Waals surface area contributed by atoms with E-state index in [1.807, 2.05) is 6.07 Å². The number of carbonyl (C=O) groups excluding carboxylic acids is 3. The molecule has 2 aliphatic heterocycles. The van der Waals surface area contributed by atoms with E-state index in [9.17, 15) is 18.8 Å². The molecule has 2 aliphatic rings. The molecule has 6 nitrogen and oxygen atoms in total. The first kappa shape index (κ1) is 18.4. The van der Waals surface area contributed by atoms with Gasteiger partial charge in [-0.3, -0.25) is 14.9 Å². The summed E-state index contributed by atoms with van der Waals surface area (Å²) in [7, 11) is 0. The minimum atomic E-state index is -1.05. The molecule has 1 aromatic carbocycles. The minimum absolute atomic E-state index is 0.0159. The van der Waals surface area contributed by atoms with E-state index >= 15 is 0 Å². The third-order valence-electron chi connectivity index (χ3n) is 5.38. The van der Waals surface area contributed by atoms with Crippen LogP contribution >= 0.6 is 0 Å². The van der Waals surface area contributed by atoms with Crippen molar-refractivity contribution in [2.75, 3.05) is 13.1 Å². The molecule has 0 spiro atoms. The Hall–Kier alpha value is -2.44. The first-order valence-electron chi connectivity index (χ1n) is 8.96. The molecular weight excluding hydrogens is 337 g/mol. The van der Waals surface area contributed by atoms with E-state index in [-0.39, 0.29) is 30.0 Å². The molecule has 0 saturated carbocycles. The van der Waals surface area contributed by atoms with E-state index in [1.165, 1.54) is 6.07 Å². The minimum Gasteiger partial charge on any atom is -0.342 e. The Morgan fingerprint density at radius 1 is 1.35 bits per heavy atom. The fraction of sp³-hybridized carbons (Fsp3) is 0.526. The van der Waals surface area contributed by atoms with E-state index in [1.54, 1.807) is 30.9 Å². The lowest BCUT2D eigenvalue weighted by atomic mass is 9.87. The first-order chi connectivity index (χ1) is 12.3. The zero-order valence-corrected chi connectivity index (χ0v) is 15.0. The number of nitrogens with one attached hydrogen (secondary N) is 2. The summed E-state index contributed by atoms with van der Waals surface area (Å²) in [5.41, 5.74) is -0.0746. The van der Waals surface area contributed by atoms with Crippen molar-refractivity contribution in [3.63, 3.8) is 0 Å². The van der Waals surface area contributed by atoms with Crippen LogP contribution in [0.25, 0.3) is 0 Å². The molecule has 2 saturated heterocycles. The van der Waals surface area contributed by atoms with Gasteiger partial charge in [0.15, 0.2) is 0 Å². The Kier molecular flexibility index (Phi) is 4.98. The zero-order valence-electron chi connectivity index (χ0n) is 15.0.